The molecule has 5 heteroatoms. The van der Waals surface area contributed by atoms with E-state index in [0.717, 1.165) is 49.6 Å². The maximum atomic E-state index is 10.2. The first kappa shape index (κ1) is 14.7. The molecular formula is C16H25N3O2. The predicted molar refractivity (Wildman–Crippen MR) is 81.2 cm³/mol. The molecule has 0 aromatic carbocycles. The van der Waals surface area contributed by atoms with Crippen LogP contribution in [0, 0.1) is 12.8 Å². The third kappa shape index (κ3) is 3.04. The first-order valence-electron chi connectivity index (χ1n) is 7.97. The predicted octanol–water partition coefficient (Wildman–Crippen LogP) is 2.06. The third-order valence-corrected chi connectivity index (χ3v) is 4.78. The number of hydrogen-bond donors (Lipinski definition) is 1. The van der Waals surface area contributed by atoms with Gasteiger partial charge in [-0.25, -0.2) is 9.97 Å². The Kier molecular flexibility index (Phi) is 4.40. The summed E-state index contributed by atoms with van der Waals surface area (Å²) in [4.78, 5) is 11.5. The zero-order valence-corrected chi connectivity index (χ0v) is 13.0. The summed E-state index contributed by atoms with van der Waals surface area (Å²) in [6.07, 6.45) is 5.43. The number of anilines is 1. The summed E-state index contributed by atoms with van der Waals surface area (Å²) in [6.45, 7) is 3.47. The zero-order valence-electron chi connectivity index (χ0n) is 13.0. The molecule has 1 saturated heterocycles. The standard InChI is InChI=1S/C16H25N3O2/c1-11-9-16(18-15(17-11)10-21-2)19-8-4-6-13(19)12-5-3-7-14(12)20/h9,12-14,20H,3-8,10H2,1-2H3/t12-,13-,14-/m1/s1. The molecule has 0 bridgehead atoms. The van der Waals surface area contributed by atoms with Gasteiger partial charge in [-0.2, -0.15) is 0 Å². The van der Waals surface area contributed by atoms with Crippen molar-refractivity contribution >= 4 is 5.82 Å². The zero-order chi connectivity index (χ0) is 14.8. The number of nitrogens with zero attached hydrogens (tertiary/aromatic N) is 3. The van der Waals surface area contributed by atoms with E-state index in [2.05, 4.69) is 20.9 Å². The monoisotopic (exact) mass is 291 g/mol. The van der Waals surface area contributed by atoms with E-state index in [-0.39, 0.29) is 6.10 Å². The van der Waals surface area contributed by atoms with Crippen molar-refractivity contribution in [3.05, 3.63) is 17.6 Å². The highest BCUT2D eigenvalue weighted by Gasteiger charge is 2.38. The Labute approximate surface area is 126 Å². The summed E-state index contributed by atoms with van der Waals surface area (Å²) >= 11 is 0. The van der Waals surface area contributed by atoms with Crippen molar-refractivity contribution in [1.29, 1.82) is 0 Å². The molecule has 0 radical (unpaired) electrons. The minimum absolute atomic E-state index is 0.142. The van der Waals surface area contributed by atoms with Gasteiger partial charge in [0.15, 0.2) is 5.82 Å². The Morgan fingerprint density at radius 3 is 2.86 bits per heavy atom. The summed E-state index contributed by atoms with van der Waals surface area (Å²) in [7, 11) is 1.67. The highest BCUT2D eigenvalue weighted by Crippen LogP contribution is 2.37. The molecule has 116 valence electrons. The lowest BCUT2D eigenvalue weighted by molar-refractivity contribution is 0.118. The molecule has 2 fully saturated rings. The second kappa shape index (κ2) is 6.28. The topological polar surface area (TPSA) is 58.5 Å². The van der Waals surface area contributed by atoms with Crippen LogP contribution in [0.2, 0.25) is 0 Å². The van der Waals surface area contributed by atoms with E-state index < -0.39 is 0 Å². The number of rotatable bonds is 4. The Bertz CT molecular complexity index is 494. The van der Waals surface area contributed by atoms with Crippen LogP contribution in [0.1, 0.15) is 43.6 Å². The van der Waals surface area contributed by atoms with Gasteiger partial charge in [0.25, 0.3) is 0 Å². The fourth-order valence-corrected chi connectivity index (χ4v) is 3.89. The van der Waals surface area contributed by atoms with Gasteiger partial charge in [-0.05, 0) is 32.6 Å². The highest BCUT2D eigenvalue weighted by molar-refractivity contribution is 5.42. The van der Waals surface area contributed by atoms with Crippen LogP contribution < -0.4 is 4.90 Å². The Hall–Kier alpha value is -1.20. The van der Waals surface area contributed by atoms with Gasteiger partial charge >= 0.3 is 0 Å². The van der Waals surface area contributed by atoms with Crippen molar-refractivity contribution < 1.29 is 9.84 Å². The second-order valence-corrected chi connectivity index (χ2v) is 6.28. The molecule has 0 unspecified atom stereocenters. The molecule has 1 saturated carbocycles. The van der Waals surface area contributed by atoms with Gasteiger partial charge in [-0.15, -0.1) is 0 Å². The molecule has 3 rings (SSSR count). The van der Waals surface area contributed by atoms with Gasteiger partial charge in [0.2, 0.25) is 0 Å². The van der Waals surface area contributed by atoms with Crippen LogP contribution in [0.3, 0.4) is 0 Å². The number of aliphatic hydroxyl groups excluding tert-OH is 1. The lowest BCUT2D eigenvalue weighted by Crippen LogP contribution is -2.39. The number of ether oxygens (including phenoxy) is 1. The molecule has 1 aliphatic heterocycles. The van der Waals surface area contributed by atoms with Crippen molar-refractivity contribution in [2.75, 3.05) is 18.6 Å². The van der Waals surface area contributed by atoms with Crippen LogP contribution in [0.25, 0.3) is 0 Å². The Morgan fingerprint density at radius 2 is 2.14 bits per heavy atom. The smallest absolute Gasteiger partial charge is 0.156 e. The van der Waals surface area contributed by atoms with E-state index in [9.17, 15) is 5.11 Å². The van der Waals surface area contributed by atoms with Crippen LogP contribution in [-0.2, 0) is 11.3 Å². The summed E-state index contributed by atoms with van der Waals surface area (Å²) in [6, 6.07) is 2.48. The van der Waals surface area contributed by atoms with Gasteiger partial charge in [-0.3, -0.25) is 0 Å². The number of aryl methyl sites for hydroxylation is 1. The third-order valence-electron chi connectivity index (χ3n) is 4.78. The molecule has 2 heterocycles. The lowest BCUT2D eigenvalue weighted by atomic mass is 9.94. The second-order valence-electron chi connectivity index (χ2n) is 6.28. The average molecular weight is 291 g/mol. The van der Waals surface area contributed by atoms with E-state index >= 15 is 0 Å². The van der Waals surface area contributed by atoms with Crippen LogP contribution in [0.4, 0.5) is 5.82 Å². The SMILES string of the molecule is COCc1nc(C)cc(N2CCC[C@@H]2[C@H]2CCC[C@H]2O)n1. The van der Waals surface area contributed by atoms with E-state index in [1.54, 1.807) is 7.11 Å². The molecule has 1 aromatic rings. The lowest BCUT2D eigenvalue weighted by Gasteiger charge is -2.32. The van der Waals surface area contributed by atoms with Crippen molar-refractivity contribution in [1.82, 2.24) is 9.97 Å². The number of aliphatic hydroxyl groups is 1. The van der Waals surface area contributed by atoms with Gasteiger partial charge in [0.1, 0.15) is 12.4 Å². The van der Waals surface area contributed by atoms with Gasteiger partial charge in [0.05, 0.1) is 6.10 Å². The van der Waals surface area contributed by atoms with Crippen molar-refractivity contribution in [2.45, 2.75) is 57.8 Å². The van der Waals surface area contributed by atoms with Gasteiger partial charge in [0, 0.05) is 37.4 Å². The highest BCUT2D eigenvalue weighted by atomic mass is 16.5. The van der Waals surface area contributed by atoms with E-state index in [1.165, 1.54) is 6.42 Å². The normalized spacial score (nSPS) is 29.3. The largest absolute Gasteiger partial charge is 0.393 e. The molecule has 0 spiro atoms. The summed E-state index contributed by atoms with van der Waals surface area (Å²) in [5.41, 5.74) is 0.977. The fraction of sp³-hybridized carbons (Fsp3) is 0.750. The molecule has 0 amide bonds. The van der Waals surface area contributed by atoms with Gasteiger partial charge in [-0.1, -0.05) is 6.42 Å². The maximum absolute atomic E-state index is 10.2. The molecule has 1 aliphatic carbocycles. The van der Waals surface area contributed by atoms with Crippen molar-refractivity contribution in [3.8, 4) is 0 Å². The molecule has 5 nitrogen and oxygen atoms in total. The van der Waals surface area contributed by atoms with Crippen molar-refractivity contribution in [2.24, 2.45) is 5.92 Å². The quantitative estimate of drug-likeness (QED) is 0.920. The maximum Gasteiger partial charge on any atom is 0.156 e. The van der Waals surface area contributed by atoms with Crippen LogP contribution in [0.15, 0.2) is 6.07 Å². The average Bonchev–Trinajstić information content (AvgIpc) is 3.06. The Morgan fingerprint density at radius 1 is 1.29 bits per heavy atom. The van der Waals surface area contributed by atoms with Crippen molar-refractivity contribution in [3.63, 3.8) is 0 Å². The number of methoxy groups -OCH3 is 1. The first-order valence-corrected chi connectivity index (χ1v) is 7.97. The first-order chi connectivity index (χ1) is 10.2. The molecule has 1 N–H and O–H groups in total. The molecule has 2 aliphatic rings. The van der Waals surface area contributed by atoms with E-state index in [0.29, 0.717) is 18.6 Å². The van der Waals surface area contributed by atoms with E-state index in [4.69, 9.17) is 4.74 Å². The number of aromatic nitrogens is 2. The Balaban J connectivity index is 1.84. The summed E-state index contributed by atoms with van der Waals surface area (Å²) in [5, 5.41) is 10.2. The summed E-state index contributed by atoms with van der Waals surface area (Å²) < 4.78 is 5.16. The fourth-order valence-electron chi connectivity index (χ4n) is 3.89. The van der Waals surface area contributed by atoms with Crippen LogP contribution in [-0.4, -0.2) is 40.9 Å². The van der Waals surface area contributed by atoms with Crippen LogP contribution in [0.5, 0.6) is 0 Å². The molecule has 3 atom stereocenters. The van der Waals surface area contributed by atoms with E-state index in [1.807, 2.05) is 6.92 Å². The van der Waals surface area contributed by atoms with Crippen LogP contribution >= 0.6 is 0 Å². The molecular weight excluding hydrogens is 266 g/mol. The molecule has 21 heavy (non-hydrogen) atoms. The summed E-state index contributed by atoms with van der Waals surface area (Å²) in [5.74, 6) is 2.13. The van der Waals surface area contributed by atoms with Gasteiger partial charge < -0.3 is 14.7 Å². The number of hydrogen-bond acceptors (Lipinski definition) is 5. The minimum atomic E-state index is -0.142. The molecule has 1 aromatic heterocycles. The minimum Gasteiger partial charge on any atom is -0.393 e.